The molecule has 8 heteroatoms. The molecule has 0 aliphatic carbocycles. The van der Waals surface area contributed by atoms with Gasteiger partial charge in [-0.1, -0.05) is 6.92 Å². The molecule has 1 aromatic heterocycles. The van der Waals surface area contributed by atoms with Gasteiger partial charge in [-0.3, -0.25) is 9.59 Å². The first-order valence-electron chi connectivity index (χ1n) is 8.02. The number of hydrogen-bond acceptors (Lipinski definition) is 5. The van der Waals surface area contributed by atoms with Crippen molar-refractivity contribution in [2.45, 2.75) is 32.4 Å². The van der Waals surface area contributed by atoms with E-state index < -0.39 is 35.7 Å². The van der Waals surface area contributed by atoms with Crippen molar-refractivity contribution in [3.63, 3.8) is 0 Å². The number of hydrogen-bond donors (Lipinski definition) is 2. The highest BCUT2D eigenvalue weighted by Crippen LogP contribution is 2.11. The maximum atomic E-state index is 12.9. The van der Waals surface area contributed by atoms with Gasteiger partial charge >= 0.3 is 5.97 Å². The molecule has 1 aromatic carbocycles. The number of amides is 2. The van der Waals surface area contributed by atoms with Gasteiger partial charge in [0.05, 0.1) is 6.26 Å². The Labute approximate surface area is 149 Å². The zero-order valence-corrected chi connectivity index (χ0v) is 14.3. The summed E-state index contributed by atoms with van der Waals surface area (Å²) in [6, 6.07) is 7.23. The van der Waals surface area contributed by atoms with E-state index in [2.05, 4.69) is 10.6 Å². The number of esters is 1. The van der Waals surface area contributed by atoms with Crippen LogP contribution in [0.25, 0.3) is 0 Å². The molecule has 0 unspecified atom stereocenters. The lowest BCUT2D eigenvalue weighted by molar-refractivity contribution is -0.155. The van der Waals surface area contributed by atoms with Crippen LogP contribution in [0.1, 0.15) is 30.8 Å². The highest BCUT2D eigenvalue weighted by atomic mass is 19.1. The van der Waals surface area contributed by atoms with Crippen LogP contribution in [0.3, 0.4) is 0 Å². The average molecular weight is 362 g/mol. The monoisotopic (exact) mass is 362 g/mol. The fourth-order valence-electron chi connectivity index (χ4n) is 2.05. The van der Waals surface area contributed by atoms with Crippen LogP contribution < -0.4 is 10.6 Å². The van der Waals surface area contributed by atoms with Crippen LogP contribution in [0.15, 0.2) is 47.1 Å². The normalized spacial score (nSPS) is 12.7. The topological polar surface area (TPSA) is 97.6 Å². The second-order valence-electron chi connectivity index (χ2n) is 5.50. The summed E-state index contributed by atoms with van der Waals surface area (Å²) < 4.78 is 23.0. The van der Waals surface area contributed by atoms with E-state index in [1.807, 2.05) is 0 Å². The summed E-state index contributed by atoms with van der Waals surface area (Å²) in [5, 5.41) is 4.97. The number of furan rings is 1. The van der Waals surface area contributed by atoms with Crippen molar-refractivity contribution in [3.8, 4) is 0 Å². The van der Waals surface area contributed by atoms with Crippen LogP contribution in [-0.4, -0.2) is 29.9 Å². The molecule has 0 aliphatic heterocycles. The van der Waals surface area contributed by atoms with Crippen molar-refractivity contribution < 1.29 is 27.9 Å². The Morgan fingerprint density at radius 1 is 1.19 bits per heavy atom. The molecular formula is C18H19FN2O5. The number of nitrogens with one attached hydrogen (secondary N) is 2. The lowest BCUT2D eigenvalue weighted by atomic mass is 10.2. The average Bonchev–Trinajstić information content (AvgIpc) is 3.16. The minimum absolute atomic E-state index is 0.0609. The van der Waals surface area contributed by atoms with E-state index in [9.17, 15) is 18.8 Å². The molecule has 7 nitrogen and oxygen atoms in total. The summed E-state index contributed by atoms with van der Waals surface area (Å²) >= 11 is 0. The summed E-state index contributed by atoms with van der Waals surface area (Å²) in [4.78, 5) is 36.2. The number of rotatable bonds is 7. The third-order valence-corrected chi connectivity index (χ3v) is 3.48. The Kier molecular flexibility index (Phi) is 6.48. The molecule has 1 heterocycles. The van der Waals surface area contributed by atoms with E-state index in [0.29, 0.717) is 5.69 Å². The van der Waals surface area contributed by atoms with E-state index in [1.54, 1.807) is 13.0 Å². The van der Waals surface area contributed by atoms with E-state index in [1.165, 1.54) is 43.5 Å². The molecule has 0 radical (unpaired) electrons. The Morgan fingerprint density at radius 2 is 1.88 bits per heavy atom. The van der Waals surface area contributed by atoms with Crippen LogP contribution >= 0.6 is 0 Å². The highest BCUT2D eigenvalue weighted by Gasteiger charge is 2.26. The molecule has 2 N–H and O–H groups in total. The van der Waals surface area contributed by atoms with Crippen molar-refractivity contribution in [1.29, 1.82) is 0 Å². The van der Waals surface area contributed by atoms with Crippen LogP contribution in [-0.2, 0) is 14.3 Å². The summed E-state index contributed by atoms with van der Waals surface area (Å²) in [6.45, 7) is 3.11. The first-order valence-corrected chi connectivity index (χ1v) is 8.02. The Morgan fingerprint density at radius 3 is 2.46 bits per heavy atom. The summed E-state index contributed by atoms with van der Waals surface area (Å²) in [5.74, 6) is -2.24. The molecule has 26 heavy (non-hydrogen) atoms. The highest BCUT2D eigenvalue weighted by molar-refractivity contribution is 5.97. The van der Waals surface area contributed by atoms with E-state index in [-0.39, 0.29) is 12.2 Å². The van der Waals surface area contributed by atoms with Gasteiger partial charge in [0.1, 0.15) is 11.9 Å². The molecule has 2 aromatic rings. The van der Waals surface area contributed by atoms with E-state index >= 15 is 0 Å². The van der Waals surface area contributed by atoms with E-state index in [0.717, 1.165) is 0 Å². The molecule has 0 spiro atoms. The maximum absolute atomic E-state index is 12.9. The van der Waals surface area contributed by atoms with Crippen molar-refractivity contribution in [2.24, 2.45) is 0 Å². The SMILES string of the molecule is CC[C@H](OC(=O)[C@@H](C)NC(=O)c1ccco1)C(=O)Nc1ccc(F)cc1. The quantitative estimate of drug-likeness (QED) is 0.738. The third kappa shape index (κ3) is 5.17. The van der Waals surface area contributed by atoms with Gasteiger partial charge in [0.25, 0.3) is 11.8 Å². The Hall–Kier alpha value is -3.16. The molecule has 0 bridgehead atoms. The van der Waals surface area contributed by atoms with Gasteiger partial charge in [0.15, 0.2) is 11.9 Å². The third-order valence-electron chi connectivity index (χ3n) is 3.48. The maximum Gasteiger partial charge on any atom is 0.329 e. The molecule has 0 saturated carbocycles. The summed E-state index contributed by atoms with van der Waals surface area (Å²) in [7, 11) is 0. The van der Waals surface area contributed by atoms with Gasteiger partial charge in [0.2, 0.25) is 0 Å². The molecule has 2 amide bonds. The van der Waals surface area contributed by atoms with E-state index in [4.69, 9.17) is 9.15 Å². The lowest BCUT2D eigenvalue weighted by Crippen LogP contribution is -2.42. The first kappa shape index (κ1) is 19.2. The molecule has 2 rings (SSSR count). The fraction of sp³-hybridized carbons (Fsp3) is 0.278. The van der Waals surface area contributed by atoms with Crippen molar-refractivity contribution in [3.05, 3.63) is 54.2 Å². The van der Waals surface area contributed by atoms with Gasteiger partial charge < -0.3 is 19.8 Å². The number of anilines is 1. The predicted molar refractivity (Wildman–Crippen MR) is 90.8 cm³/mol. The van der Waals surface area contributed by atoms with Gasteiger partial charge in [-0.05, 0) is 49.7 Å². The molecular weight excluding hydrogens is 343 g/mol. The van der Waals surface area contributed by atoms with Crippen molar-refractivity contribution >= 4 is 23.5 Å². The predicted octanol–water partition coefficient (Wildman–Crippen LogP) is 2.50. The minimum atomic E-state index is -1.05. The smallest absolute Gasteiger partial charge is 0.329 e. The molecule has 0 saturated heterocycles. The van der Waals surface area contributed by atoms with Crippen LogP contribution in [0.2, 0.25) is 0 Å². The minimum Gasteiger partial charge on any atom is -0.459 e. The largest absolute Gasteiger partial charge is 0.459 e. The zero-order chi connectivity index (χ0) is 19.1. The molecule has 0 aliphatic rings. The summed E-state index contributed by atoms with van der Waals surface area (Å²) in [6.07, 6.45) is 0.526. The first-order chi connectivity index (χ1) is 12.4. The number of carbonyl (C=O) groups excluding carboxylic acids is 3. The zero-order valence-electron chi connectivity index (χ0n) is 14.3. The fourth-order valence-corrected chi connectivity index (χ4v) is 2.05. The molecule has 0 fully saturated rings. The van der Waals surface area contributed by atoms with Gasteiger partial charge in [0, 0.05) is 5.69 Å². The van der Waals surface area contributed by atoms with Crippen LogP contribution in [0.4, 0.5) is 10.1 Å². The number of ether oxygens (including phenoxy) is 1. The Bertz CT molecular complexity index is 758. The van der Waals surface area contributed by atoms with Crippen LogP contribution in [0.5, 0.6) is 0 Å². The van der Waals surface area contributed by atoms with Crippen molar-refractivity contribution in [2.75, 3.05) is 5.32 Å². The standard InChI is InChI=1S/C18H19FN2O5/c1-3-14(16(22)21-13-8-6-12(19)7-9-13)26-18(24)11(2)20-17(23)15-5-4-10-25-15/h4-11,14H,3H2,1-2H3,(H,20,23)(H,21,22)/t11-,14+/m1/s1. The number of carbonyl (C=O) groups is 3. The number of halogens is 1. The van der Waals surface area contributed by atoms with Gasteiger partial charge in [-0.15, -0.1) is 0 Å². The lowest BCUT2D eigenvalue weighted by Gasteiger charge is -2.19. The summed E-state index contributed by atoms with van der Waals surface area (Å²) in [5.41, 5.74) is 0.380. The molecule has 2 atom stereocenters. The van der Waals surface area contributed by atoms with Crippen molar-refractivity contribution in [1.82, 2.24) is 5.32 Å². The second kappa shape index (κ2) is 8.80. The van der Waals surface area contributed by atoms with Gasteiger partial charge in [-0.2, -0.15) is 0 Å². The second-order valence-corrected chi connectivity index (χ2v) is 5.50. The molecule has 138 valence electrons. The van der Waals surface area contributed by atoms with Gasteiger partial charge in [-0.25, -0.2) is 9.18 Å². The number of benzene rings is 1. The van der Waals surface area contributed by atoms with Crippen LogP contribution in [0, 0.1) is 5.82 Å². The Balaban J connectivity index is 1.90.